The van der Waals surface area contributed by atoms with Crippen molar-refractivity contribution in [3.8, 4) is 11.5 Å². The number of imide groups is 1. The van der Waals surface area contributed by atoms with Crippen LogP contribution in [0.5, 0.6) is 11.5 Å². The van der Waals surface area contributed by atoms with Gasteiger partial charge in [0.1, 0.15) is 17.3 Å². The number of rotatable bonds is 9. The van der Waals surface area contributed by atoms with Crippen LogP contribution in [0.25, 0.3) is 0 Å². The second-order valence-corrected chi connectivity index (χ2v) is 8.22. The Labute approximate surface area is 184 Å². The van der Waals surface area contributed by atoms with E-state index in [1.165, 1.54) is 0 Å². The highest BCUT2D eigenvalue weighted by molar-refractivity contribution is 8.15. The maximum atomic E-state index is 11.7. The highest BCUT2D eigenvalue weighted by Gasteiger charge is 2.31. The Hall–Kier alpha value is -3.26. The maximum Gasteiger partial charge on any atom is 0.286 e. The number of carbonyl (C=O) groups excluding carboxylic acids is 2. The third-order valence-electron chi connectivity index (χ3n) is 4.76. The van der Waals surface area contributed by atoms with E-state index in [9.17, 15) is 9.59 Å². The van der Waals surface area contributed by atoms with Crippen LogP contribution in [0.15, 0.2) is 59.0 Å². The number of nitrogens with zero attached hydrogens (tertiary/aromatic N) is 1. The number of carbonyl (C=O) groups is 2. The lowest BCUT2D eigenvalue weighted by Gasteiger charge is -2.08. The molecule has 8 heteroatoms. The number of aryl methyl sites for hydroxylation is 1. The lowest BCUT2D eigenvalue weighted by Crippen LogP contribution is -2.25. The second kappa shape index (κ2) is 9.70. The van der Waals surface area contributed by atoms with Crippen LogP contribution >= 0.6 is 11.8 Å². The van der Waals surface area contributed by atoms with Crippen LogP contribution in [0, 0.1) is 6.92 Å². The molecule has 2 amide bonds. The van der Waals surface area contributed by atoms with E-state index < -0.39 is 0 Å². The fourth-order valence-corrected chi connectivity index (χ4v) is 4.03. The number of benzene rings is 2. The van der Waals surface area contributed by atoms with Crippen molar-refractivity contribution >= 4 is 22.9 Å². The van der Waals surface area contributed by atoms with Gasteiger partial charge >= 0.3 is 0 Å². The van der Waals surface area contributed by atoms with E-state index in [0.717, 1.165) is 40.3 Å². The molecule has 160 valence electrons. The first-order valence-corrected chi connectivity index (χ1v) is 10.8. The average molecular weight is 439 g/mol. The van der Waals surface area contributed by atoms with Crippen molar-refractivity contribution in [1.82, 2.24) is 10.3 Å². The first-order valence-electron chi connectivity index (χ1n) is 9.93. The predicted molar refractivity (Wildman–Crippen MR) is 116 cm³/mol. The largest absolute Gasteiger partial charge is 0.493 e. The van der Waals surface area contributed by atoms with Gasteiger partial charge in [-0.25, -0.2) is 4.98 Å². The van der Waals surface area contributed by atoms with Gasteiger partial charge in [-0.15, -0.1) is 0 Å². The highest BCUT2D eigenvalue weighted by Crippen LogP contribution is 2.24. The molecule has 1 unspecified atom stereocenters. The third-order valence-corrected chi connectivity index (χ3v) is 5.74. The van der Waals surface area contributed by atoms with E-state index in [2.05, 4.69) is 10.3 Å². The molecule has 0 radical (unpaired) electrons. The van der Waals surface area contributed by atoms with E-state index in [1.54, 1.807) is 0 Å². The Balaban J connectivity index is 1.24. The first kappa shape index (κ1) is 21.0. The van der Waals surface area contributed by atoms with E-state index >= 15 is 0 Å². The number of ether oxygens (including phenoxy) is 2. The molecule has 0 aliphatic carbocycles. The van der Waals surface area contributed by atoms with Crippen LogP contribution < -0.4 is 14.8 Å². The Morgan fingerprint density at radius 2 is 1.77 bits per heavy atom. The van der Waals surface area contributed by atoms with Gasteiger partial charge in [0.25, 0.3) is 5.24 Å². The Morgan fingerprint density at radius 1 is 1.03 bits per heavy atom. The molecule has 1 fully saturated rings. The summed E-state index contributed by atoms with van der Waals surface area (Å²) in [6.07, 6.45) is 1.12. The van der Waals surface area contributed by atoms with Crippen LogP contribution in [0.2, 0.25) is 0 Å². The minimum atomic E-state index is -0.366. The van der Waals surface area contributed by atoms with Gasteiger partial charge in [-0.2, -0.15) is 0 Å². The summed E-state index contributed by atoms with van der Waals surface area (Å²) in [4.78, 5) is 27.4. The molecule has 1 atom stereocenters. The molecule has 1 N–H and O–H groups in total. The molecule has 1 aromatic heterocycles. The van der Waals surface area contributed by atoms with E-state index in [1.807, 2.05) is 61.5 Å². The summed E-state index contributed by atoms with van der Waals surface area (Å²) in [5, 5.41) is 1.65. The summed E-state index contributed by atoms with van der Waals surface area (Å²) in [5.41, 5.74) is 1.82. The van der Waals surface area contributed by atoms with Gasteiger partial charge in [0, 0.05) is 6.42 Å². The molecular formula is C23H22N2O5S. The van der Waals surface area contributed by atoms with Crippen molar-refractivity contribution in [3.63, 3.8) is 0 Å². The summed E-state index contributed by atoms with van der Waals surface area (Å²) in [6, 6.07) is 17.1. The molecule has 1 saturated heterocycles. The lowest BCUT2D eigenvalue weighted by molar-refractivity contribution is -0.118. The smallest absolute Gasteiger partial charge is 0.286 e. The first-order chi connectivity index (χ1) is 15.1. The van der Waals surface area contributed by atoms with Crippen LogP contribution in [-0.4, -0.2) is 28.0 Å². The SMILES string of the molecule is Cc1oc(COc2ccccc2)nc1CCOc1ccc(CC2SC(=O)NC2=O)cc1. The summed E-state index contributed by atoms with van der Waals surface area (Å²) >= 11 is 1.03. The van der Waals surface area contributed by atoms with Crippen molar-refractivity contribution < 1.29 is 23.5 Å². The van der Waals surface area contributed by atoms with Crippen molar-refractivity contribution in [2.24, 2.45) is 0 Å². The molecule has 0 spiro atoms. The van der Waals surface area contributed by atoms with Gasteiger partial charge < -0.3 is 13.9 Å². The van der Waals surface area contributed by atoms with Crippen LogP contribution in [0.3, 0.4) is 0 Å². The molecule has 0 bridgehead atoms. The van der Waals surface area contributed by atoms with Crippen molar-refractivity contribution in [2.75, 3.05) is 6.61 Å². The number of amides is 2. The number of thioether (sulfide) groups is 1. The normalized spacial score (nSPS) is 15.7. The molecular weight excluding hydrogens is 416 g/mol. The van der Waals surface area contributed by atoms with E-state index in [-0.39, 0.29) is 23.0 Å². The Kier molecular flexibility index (Phi) is 6.57. The van der Waals surface area contributed by atoms with Crippen LogP contribution in [0.4, 0.5) is 4.79 Å². The number of hydrogen-bond donors (Lipinski definition) is 1. The molecule has 1 aliphatic rings. The number of hydrogen-bond acceptors (Lipinski definition) is 7. The molecule has 2 aromatic carbocycles. The number of aromatic nitrogens is 1. The molecule has 7 nitrogen and oxygen atoms in total. The standard InChI is InChI=1S/C23H22N2O5S/c1-15-19(24-21(30-15)14-29-17-5-3-2-4-6-17)11-12-28-18-9-7-16(8-10-18)13-20-22(26)25-23(27)31-20/h2-10,20H,11-14H2,1H3,(H,25,26,27). The van der Waals surface area contributed by atoms with Gasteiger partial charge in [-0.1, -0.05) is 42.1 Å². The topological polar surface area (TPSA) is 90.7 Å². The molecule has 3 aromatic rings. The Bertz CT molecular complexity index is 1050. The van der Waals surface area contributed by atoms with Crippen molar-refractivity contribution in [2.45, 2.75) is 31.6 Å². The lowest BCUT2D eigenvalue weighted by atomic mass is 10.1. The van der Waals surface area contributed by atoms with E-state index in [4.69, 9.17) is 13.9 Å². The summed E-state index contributed by atoms with van der Waals surface area (Å²) in [5.74, 6) is 2.56. The van der Waals surface area contributed by atoms with Gasteiger partial charge in [0.2, 0.25) is 11.8 Å². The van der Waals surface area contributed by atoms with Gasteiger partial charge in [-0.05, 0) is 43.2 Å². The highest BCUT2D eigenvalue weighted by atomic mass is 32.2. The summed E-state index contributed by atoms with van der Waals surface area (Å²) in [7, 11) is 0. The molecule has 4 rings (SSSR count). The zero-order chi connectivity index (χ0) is 21.6. The Morgan fingerprint density at radius 3 is 2.48 bits per heavy atom. The molecule has 2 heterocycles. The molecule has 0 saturated carbocycles. The minimum absolute atomic E-state index is 0.230. The van der Waals surface area contributed by atoms with Crippen molar-refractivity contribution in [1.29, 1.82) is 0 Å². The zero-order valence-corrected chi connectivity index (χ0v) is 17.8. The van der Waals surface area contributed by atoms with Gasteiger partial charge in [-0.3, -0.25) is 14.9 Å². The summed E-state index contributed by atoms with van der Waals surface area (Å²) < 4.78 is 17.2. The maximum absolute atomic E-state index is 11.7. The molecule has 31 heavy (non-hydrogen) atoms. The summed E-state index contributed by atoms with van der Waals surface area (Å²) in [6.45, 7) is 2.61. The van der Waals surface area contributed by atoms with Crippen LogP contribution in [-0.2, 0) is 24.2 Å². The minimum Gasteiger partial charge on any atom is -0.493 e. The van der Waals surface area contributed by atoms with Gasteiger partial charge in [0.15, 0.2) is 6.61 Å². The van der Waals surface area contributed by atoms with Crippen molar-refractivity contribution in [3.05, 3.63) is 77.5 Å². The van der Waals surface area contributed by atoms with E-state index in [0.29, 0.717) is 25.3 Å². The third kappa shape index (κ3) is 5.67. The second-order valence-electron chi connectivity index (χ2n) is 7.04. The number of nitrogens with one attached hydrogen (secondary N) is 1. The van der Waals surface area contributed by atoms with Gasteiger partial charge in [0.05, 0.1) is 17.6 Å². The van der Waals surface area contributed by atoms with Crippen LogP contribution in [0.1, 0.15) is 22.9 Å². The fourth-order valence-electron chi connectivity index (χ4n) is 3.17. The fraction of sp³-hybridized carbons (Fsp3) is 0.261. The zero-order valence-electron chi connectivity index (χ0n) is 17.0. The number of oxazole rings is 1. The monoisotopic (exact) mass is 438 g/mol. The number of para-hydroxylation sites is 1. The molecule has 1 aliphatic heterocycles. The quantitative estimate of drug-likeness (QED) is 0.538. The average Bonchev–Trinajstić information content (AvgIpc) is 3.29. The predicted octanol–water partition coefficient (Wildman–Crippen LogP) is 4.08.